The Morgan fingerprint density at radius 1 is 1.11 bits per heavy atom. The van der Waals surface area contributed by atoms with Crippen LogP contribution in [0.2, 0.25) is 0 Å². The molecule has 0 radical (unpaired) electrons. The van der Waals surface area contributed by atoms with E-state index in [0.717, 1.165) is 6.42 Å². The first-order chi connectivity index (χ1) is 12.9. The lowest BCUT2D eigenvalue weighted by molar-refractivity contribution is -0.383. The molecule has 148 valence electrons. The smallest absolute Gasteiger partial charge is 0.353 e. The zero-order valence-corrected chi connectivity index (χ0v) is 16.0. The number of nitrogens with zero attached hydrogens (tertiary/aromatic N) is 6. The lowest BCUT2D eigenvalue weighted by Crippen LogP contribution is -2.46. The van der Waals surface area contributed by atoms with Crippen molar-refractivity contribution in [3.05, 3.63) is 16.4 Å². The number of amides is 1. The highest BCUT2D eigenvalue weighted by atomic mass is 16.6. The molecule has 2 aliphatic rings. The summed E-state index contributed by atoms with van der Waals surface area (Å²) in [5.74, 6) is 0.674. The highest BCUT2D eigenvalue weighted by Crippen LogP contribution is 2.35. The van der Waals surface area contributed by atoms with Gasteiger partial charge in [0.05, 0.1) is 17.1 Å². The maximum Gasteiger partial charge on any atom is 0.353 e. The molecule has 3 heterocycles. The molecular weight excluding hydrogens is 352 g/mol. The predicted octanol–water partition coefficient (Wildman–Crippen LogP) is 1.06. The van der Waals surface area contributed by atoms with Gasteiger partial charge in [-0.05, 0) is 20.3 Å². The summed E-state index contributed by atoms with van der Waals surface area (Å²) in [6.07, 6.45) is 2.06. The summed E-state index contributed by atoms with van der Waals surface area (Å²) < 4.78 is 5.73. The van der Waals surface area contributed by atoms with E-state index in [-0.39, 0.29) is 23.8 Å². The largest absolute Gasteiger partial charge is 0.372 e. The van der Waals surface area contributed by atoms with E-state index in [1.54, 1.807) is 11.8 Å². The van der Waals surface area contributed by atoms with E-state index < -0.39 is 4.92 Å². The summed E-state index contributed by atoms with van der Waals surface area (Å²) in [7, 11) is 0. The number of hydrogen-bond donors (Lipinski definition) is 0. The molecule has 0 N–H and O–H groups in total. The van der Waals surface area contributed by atoms with Crippen molar-refractivity contribution in [2.75, 3.05) is 49.1 Å². The van der Waals surface area contributed by atoms with Crippen molar-refractivity contribution in [3.63, 3.8) is 0 Å². The number of nitro groups is 1. The van der Waals surface area contributed by atoms with Crippen molar-refractivity contribution in [3.8, 4) is 0 Å². The van der Waals surface area contributed by atoms with Gasteiger partial charge in [-0.1, -0.05) is 0 Å². The third-order valence-electron chi connectivity index (χ3n) is 4.93. The second-order valence-corrected chi connectivity index (χ2v) is 7.14. The highest BCUT2D eigenvalue weighted by Gasteiger charge is 2.34. The van der Waals surface area contributed by atoms with Gasteiger partial charge in [0.1, 0.15) is 6.33 Å². The first-order valence-corrected chi connectivity index (χ1v) is 9.27. The number of hydrogen-bond acceptors (Lipinski definition) is 8. The van der Waals surface area contributed by atoms with Gasteiger partial charge in [-0.3, -0.25) is 14.9 Å². The van der Waals surface area contributed by atoms with E-state index in [4.69, 9.17) is 4.74 Å². The van der Waals surface area contributed by atoms with E-state index >= 15 is 0 Å². The molecule has 0 saturated carbocycles. The van der Waals surface area contributed by atoms with Gasteiger partial charge in [-0.25, -0.2) is 9.97 Å². The molecule has 27 heavy (non-hydrogen) atoms. The molecule has 2 unspecified atom stereocenters. The maximum absolute atomic E-state index is 11.9. The molecule has 3 rings (SSSR count). The molecule has 2 aliphatic heterocycles. The molecule has 2 fully saturated rings. The summed E-state index contributed by atoms with van der Waals surface area (Å²) >= 11 is 0. The zero-order valence-electron chi connectivity index (χ0n) is 16.0. The van der Waals surface area contributed by atoms with Crippen molar-refractivity contribution >= 4 is 23.2 Å². The predicted molar refractivity (Wildman–Crippen MR) is 100.0 cm³/mol. The Hall–Kier alpha value is -2.49. The molecule has 0 aromatic carbocycles. The lowest BCUT2D eigenvalue weighted by atomic mass is 10.2. The topological polar surface area (TPSA) is 105 Å². The summed E-state index contributed by atoms with van der Waals surface area (Å²) in [5.41, 5.74) is -0.0740. The highest BCUT2D eigenvalue weighted by molar-refractivity contribution is 5.74. The Morgan fingerprint density at radius 2 is 1.74 bits per heavy atom. The standard InChI is InChI=1S/C17H26N6O4/c1-12-9-22(10-13(2)27-12)17-15(23(25)26)16(18-11-19-17)21-6-4-5-20(7-8-21)14(3)24/h11-13H,4-10H2,1-3H3. The SMILES string of the molecule is CC(=O)N1CCCN(c2ncnc(N3CC(C)OC(C)C3)c2[N+](=O)[O-])CC1. The number of ether oxygens (including phenoxy) is 1. The fourth-order valence-electron chi connectivity index (χ4n) is 3.78. The third-order valence-corrected chi connectivity index (χ3v) is 4.93. The number of aromatic nitrogens is 2. The minimum atomic E-state index is -0.400. The summed E-state index contributed by atoms with van der Waals surface area (Å²) in [6, 6.07) is 0. The minimum absolute atomic E-state index is 0.0195. The van der Waals surface area contributed by atoms with Crippen molar-refractivity contribution in [2.24, 2.45) is 0 Å². The molecule has 1 aromatic rings. The van der Waals surface area contributed by atoms with Gasteiger partial charge < -0.3 is 19.4 Å². The molecule has 0 aliphatic carbocycles. The van der Waals surface area contributed by atoms with Crippen molar-refractivity contribution in [1.82, 2.24) is 14.9 Å². The van der Waals surface area contributed by atoms with Gasteiger partial charge in [-0.15, -0.1) is 0 Å². The van der Waals surface area contributed by atoms with Crippen molar-refractivity contribution < 1.29 is 14.5 Å². The van der Waals surface area contributed by atoms with Crippen LogP contribution in [0.3, 0.4) is 0 Å². The maximum atomic E-state index is 11.9. The van der Waals surface area contributed by atoms with Crippen LogP contribution in [-0.2, 0) is 9.53 Å². The van der Waals surface area contributed by atoms with Crippen LogP contribution in [0.25, 0.3) is 0 Å². The van der Waals surface area contributed by atoms with Gasteiger partial charge in [0.15, 0.2) is 0 Å². The minimum Gasteiger partial charge on any atom is -0.372 e. The number of carbonyl (C=O) groups is 1. The summed E-state index contributed by atoms with van der Waals surface area (Å²) in [6.45, 7) is 8.81. The number of carbonyl (C=O) groups excluding carboxylic acids is 1. The van der Waals surface area contributed by atoms with Crippen LogP contribution in [0.1, 0.15) is 27.2 Å². The normalized spacial score (nSPS) is 23.9. The number of rotatable bonds is 3. The second kappa shape index (κ2) is 8.03. The summed E-state index contributed by atoms with van der Waals surface area (Å²) in [4.78, 5) is 37.2. The lowest BCUT2D eigenvalue weighted by Gasteiger charge is -2.36. The second-order valence-electron chi connectivity index (χ2n) is 7.14. The molecule has 2 atom stereocenters. The van der Waals surface area contributed by atoms with E-state index in [9.17, 15) is 14.9 Å². The Kier molecular flexibility index (Phi) is 5.73. The first kappa shape index (κ1) is 19.3. The monoisotopic (exact) mass is 378 g/mol. The average Bonchev–Trinajstić information content (AvgIpc) is 2.86. The quantitative estimate of drug-likeness (QED) is 0.568. The Morgan fingerprint density at radius 3 is 2.33 bits per heavy atom. The molecule has 0 spiro atoms. The molecule has 0 bridgehead atoms. The van der Waals surface area contributed by atoms with Crippen LogP contribution >= 0.6 is 0 Å². The molecule has 1 amide bonds. The number of morpholine rings is 1. The van der Waals surface area contributed by atoms with Crippen LogP contribution in [0.5, 0.6) is 0 Å². The molecule has 10 heteroatoms. The van der Waals surface area contributed by atoms with E-state index in [1.807, 2.05) is 23.6 Å². The molecule has 2 saturated heterocycles. The molecule has 1 aromatic heterocycles. The van der Waals surface area contributed by atoms with Crippen molar-refractivity contribution in [2.45, 2.75) is 39.4 Å². The first-order valence-electron chi connectivity index (χ1n) is 9.27. The fraction of sp³-hybridized carbons (Fsp3) is 0.706. The van der Waals surface area contributed by atoms with Crippen LogP contribution < -0.4 is 9.80 Å². The van der Waals surface area contributed by atoms with E-state index in [2.05, 4.69) is 9.97 Å². The van der Waals surface area contributed by atoms with Gasteiger partial charge >= 0.3 is 5.69 Å². The number of anilines is 2. The van der Waals surface area contributed by atoms with E-state index in [0.29, 0.717) is 50.9 Å². The van der Waals surface area contributed by atoms with Gasteiger partial charge in [0, 0.05) is 46.2 Å². The molecular formula is C17H26N6O4. The third kappa shape index (κ3) is 4.26. The Balaban J connectivity index is 1.92. The zero-order chi connectivity index (χ0) is 19.6. The van der Waals surface area contributed by atoms with E-state index in [1.165, 1.54) is 6.33 Å². The van der Waals surface area contributed by atoms with Crippen molar-refractivity contribution in [1.29, 1.82) is 0 Å². The van der Waals surface area contributed by atoms with Gasteiger partial charge in [-0.2, -0.15) is 0 Å². The summed E-state index contributed by atoms with van der Waals surface area (Å²) in [5, 5.41) is 11.9. The van der Waals surface area contributed by atoms with Gasteiger partial charge in [0.25, 0.3) is 0 Å². The Bertz CT molecular complexity index is 705. The van der Waals surface area contributed by atoms with Crippen LogP contribution in [0, 0.1) is 10.1 Å². The van der Waals surface area contributed by atoms with Crippen LogP contribution in [0.15, 0.2) is 6.33 Å². The van der Waals surface area contributed by atoms with Crippen LogP contribution in [0.4, 0.5) is 17.3 Å². The fourth-order valence-corrected chi connectivity index (χ4v) is 3.78. The average molecular weight is 378 g/mol. The van der Waals surface area contributed by atoms with Gasteiger partial charge in [0.2, 0.25) is 17.5 Å². The van der Waals surface area contributed by atoms with Crippen LogP contribution in [-0.4, -0.2) is 77.2 Å². The molecule has 10 nitrogen and oxygen atoms in total. The Labute approximate surface area is 158 Å².